The number of carbonyl (C=O) groups excluding carboxylic acids is 2. The largest absolute Gasteiger partial charge is 0.475 e. The second kappa shape index (κ2) is 7.63. The molecule has 1 unspecified atom stereocenters. The Labute approximate surface area is 148 Å². The molecule has 2 N–H and O–H groups in total. The van der Waals surface area contributed by atoms with E-state index in [1.165, 1.54) is 32.0 Å². The number of aryl methyl sites for hydroxylation is 1. The third kappa shape index (κ3) is 3.63. The molecule has 2 aromatic rings. The first kappa shape index (κ1) is 18.9. The molecule has 140 valence electrons. The van der Waals surface area contributed by atoms with Crippen LogP contribution in [0, 0.1) is 10.1 Å². The lowest BCUT2D eigenvalue weighted by Crippen LogP contribution is -2.26. The van der Waals surface area contributed by atoms with E-state index in [2.05, 4.69) is 20.8 Å². The third-order valence-corrected chi connectivity index (χ3v) is 3.63. The van der Waals surface area contributed by atoms with Crippen molar-refractivity contribution >= 4 is 23.2 Å². The van der Waals surface area contributed by atoms with Gasteiger partial charge in [0.2, 0.25) is 5.91 Å². The number of amides is 2. The maximum Gasteiger partial charge on any atom is 0.350 e. The molecule has 0 aromatic carbocycles. The van der Waals surface area contributed by atoms with Gasteiger partial charge in [-0.05, 0) is 13.8 Å². The fourth-order valence-electron chi connectivity index (χ4n) is 2.15. The Bertz CT molecular complexity index is 841. The Morgan fingerprint density at radius 2 is 2.08 bits per heavy atom. The molecule has 0 saturated heterocycles. The van der Waals surface area contributed by atoms with Crippen LogP contribution in [0.15, 0.2) is 12.4 Å². The van der Waals surface area contributed by atoms with Crippen LogP contribution in [0.2, 0.25) is 0 Å². The van der Waals surface area contributed by atoms with E-state index in [1.807, 2.05) is 6.92 Å². The normalized spacial score (nSPS) is 11.7. The molecular weight excluding hydrogens is 346 g/mol. The smallest absolute Gasteiger partial charge is 0.350 e. The van der Waals surface area contributed by atoms with Crippen molar-refractivity contribution in [3.8, 4) is 5.88 Å². The van der Waals surface area contributed by atoms with Gasteiger partial charge < -0.3 is 15.4 Å². The van der Waals surface area contributed by atoms with Crippen molar-refractivity contribution in [1.82, 2.24) is 24.9 Å². The molecule has 0 aliphatic heterocycles. The number of nitrogens with zero attached hydrogens (tertiary/aromatic N) is 5. The van der Waals surface area contributed by atoms with Crippen molar-refractivity contribution in [2.45, 2.75) is 26.4 Å². The van der Waals surface area contributed by atoms with Crippen LogP contribution < -0.4 is 15.4 Å². The molecule has 0 radical (unpaired) electrons. The summed E-state index contributed by atoms with van der Waals surface area (Å²) in [6, 6.07) is -0.889. The third-order valence-electron chi connectivity index (χ3n) is 3.63. The summed E-state index contributed by atoms with van der Waals surface area (Å²) in [4.78, 5) is 34.7. The first-order chi connectivity index (χ1) is 12.3. The van der Waals surface area contributed by atoms with E-state index in [-0.39, 0.29) is 22.9 Å². The van der Waals surface area contributed by atoms with Gasteiger partial charge in [-0.15, -0.1) is 5.10 Å². The van der Waals surface area contributed by atoms with Gasteiger partial charge in [0.15, 0.2) is 5.69 Å². The number of hydrogen-bond donors (Lipinski definition) is 2. The molecular formula is C14H19N7O5. The van der Waals surface area contributed by atoms with Gasteiger partial charge in [0.05, 0.1) is 17.7 Å². The summed E-state index contributed by atoms with van der Waals surface area (Å²) in [5.74, 6) is -1.16. The van der Waals surface area contributed by atoms with Crippen LogP contribution >= 0.6 is 0 Å². The Morgan fingerprint density at radius 3 is 2.58 bits per heavy atom. The summed E-state index contributed by atoms with van der Waals surface area (Å²) in [6.45, 7) is 3.86. The predicted octanol–water partition coefficient (Wildman–Crippen LogP) is 0.576. The summed E-state index contributed by atoms with van der Waals surface area (Å²) in [7, 11) is 2.70. The molecule has 0 bridgehead atoms. The van der Waals surface area contributed by atoms with Crippen molar-refractivity contribution < 1.29 is 19.2 Å². The molecule has 2 aromatic heterocycles. The van der Waals surface area contributed by atoms with Crippen molar-refractivity contribution in [3.63, 3.8) is 0 Å². The van der Waals surface area contributed by atoms with E-state index in [9.17, 15) is 19.7 Å². The number of hydrogen-bond acceptors (Lipinski definition) is 7. The minimum absolute atomic E-state index is 0.0685. The highest BCUT2D eigenvalue weighted by atomic mass is 16.6. The van der Waals surface area contributed by atoms with Gasteiger partial charge in [-0.1, -0.05) is 0 Å². The van der Waals surface area contributed by atoms with Crippen LogP contribution in [0.3, 0.4) is 0 Å². The van der Waals surface area contributed by atoms with Gasteiger partial charge in [-0.2, -0.15) is 5.10 Å². The first-order valence-electron chi connectivity index (χ1n) is 7.70. The van der Waals surface area contributed by atoms with Crippen molar-refractivity contribution in [2.75, 3.05) is 19.5 Å². The SMILES string of the molecule is CCn1cc(NC(=O)C(C)n2cc([N+](=O)[O-])c(OC)n2)c(C(=O)NC)n1. The lowest BCUT2D eigenvalue weighted by atomic mass is 10.3. The molecule has 0 spiro atoms. The summed E-state index contributed by atoms with van der Waals surface area (Å²) < 4.78 is 7.47. The van der Waals surface area contributed by atoms with Gasteiger partial charge in [0.25, 0.3) is 5.91 Å². The van der Waals surface area contributed by atoms with Gasteiger partial charge >= 0.3 is 11.6 Å². The van der Waals surface area contributed by atoms with E-state index < -0.39 is 22.8 Å². The highest BCUT2D eigenvalue weighted by molar-refractivity contribution is 6.02. The molecule has 1 atom stereocenters. The topological polar surface area (TPSA) is 146 Å². The van der Waals surface area contributed by atoms with Gasteiger partial charge in [0.1, 0.15) is 12.2 Å². The minimum Gasteiger partial charge on any atom is -0.475 e. The average Bonchev–Trinajstić information content (AvgIpc) is 3.24. The summed E-state index contributed by atoms with van der Waals surface area (Å²) in [5.41, 5.74) is -0.0485. The number of anilines is 1. The van der Waals surface area contributed by atoms with Crippen LogP contribution in [-0.2, 0) is 11.3 Å². The molecule has 2 rings (SSSR count). The predicted molar refractivity (Wildman–Crippen MR) is 90.1 cm³/mol. The number of methoxy groups -OCH3 is 1. The number of carbonyl (C=O) groups is 2. The molecule has 12 heteroatoms. The Hall–Kier alpha value is -3.44. The maximum absolute atomic E-state index is 12.5. The summed E-state index contributed by atoms with van der Waals surface area (Å²) in [5, 5.41) is 24.0. The zero-order valence-corrected chi connectivity index (χ0v) is 14.7. The first-order valence-corrected chi connectivity index (χ1v) is 7.70. The van der Waals surface area contributed by atoms with E-state index in [0.717, 1.165) is 10.9 Å². The summed E-state index contributed by atoms with van der Waals surface area (Å²) in [6.07, 6.45) is 2.64. The Balaban J connectivity index is 2.26. The number of nitro groups is 1. The fourth-order valence-corrected chi connectivity index (χ4v) is 2.15. The number of rotatable bonds is 7. The number of nitrogens with one attached hydrogen (secondary N) is 2. The molecule has 0 fully saturated rings. The van der Waals surface area contributed by atoms with Gasteiger partial charge in [-0.25, -0.2) is 4.68 Å². The van der Waals surface area contributed by atoms with Crippen LogP contribution in [0.4, 0.5) is 11.4 Å². The van der Waals surface area contributed by atoms with Crippen molar-refractivity contribution in [2.24, 2.45) is 0 Å². The van der Waals surface area contributed by atoms with Crippen LogP contribution in [0.25, 0.3) is 0 Å². The summed E-state index contributed by atoms with van der Waals surface area (Å²) >= 11 is 0. The van der Waals surface area contributed by atoms with E-state index in [4.69, 9.17) is 4.74 Å². The monoisotopic (exact) mass is 365 g/mol. The van der Waals surface area contributed by atoms with E-state index >= 15 is 0 Å². The van der Waals surface area contributed by atoms with Crippen LogP contribution in [-0.4, -0.2) is 50.5 Å². The second-order valence-corrected chi connectivity index (χ2v) is 5.25. The minimum atomic E-state index is -0.889. The molecule has 0 aliphatic rings. The van der Waals surface area contributed by atoms with Crippen LogP contribution in [0.1, 0.15) is 30.4 Å². The molecule has 2 heterocycles. The van der Waals surface area contributed by atoms with Crippen molar-refractivity contribution in [3.05, 3.63) is 28.2 Å². The van der Waals surface area contributed by atoms with Crippen molar-refractivity contribution in [1.29, 1.82) is 0 Å². The maximum atomic E-state index is 12.5. The highest BCUT2D eigenvalue weighted by Crippen LogP contribution is 2.26. The second-order valence-electron chi connectivity index (χ2n) is 5.25. The molecule has 26 heavy (non-hydrogen) atoms. The molecule has 12 nitrogen and oxygen atoms in total. The quantitative estimate of drug-likeness (QED) is 0.539. The Kier molecular flexibility index (Phi) is 5.54. The number of ether oxygens (including phenoxy) is 1. The zero-order valence-electron chi connectivity index (χ0n) is 14.7. The lowest BCUT2D eigenvalue weighted by Gasteiger charge is -2.11. The van der Waals surface area contributed by atoms with E-state index in [0.29, 0.717) is 6.54 Å². The fraction of sp³-hybridized carbons (Fsp3) is 0.429. The molecule has 0 saturated carbocycles. The zero-order chi connectivity index (χ0) is 19.4. The average molecular weight is 365 g/mol. The standard InChI is InChI=1S/C14H19N7O5/c1-5-19-6-9(11(17-19)13(23)15-3)16-12(22)8(2)20-7-10(21(24)25)14(18-20)26-4/h6-8H,5H2,1-4H3,(H,15,23)(H,16,22). The number of aromatic nitrogens is 4. The van der Waals surface area contributed by atoms with Gasteiger partial charge in [0, 0.05) is 19.8 Å². The van der Waals surface area contributed by atoms with Crippen LogP contribution in [0.5, 0.6) is 5.88 Å². The molecule has 2 amide bonds. The van der Waals surface area contributed by atoms with Gasteiger partial charge in [-0.3, -0.25) is 24.4 Å². The lowest BCUT2D eigenvalue weighted by molar-refractivity contribution is -0.385. The molecule has 0 aliphatic carbocycles. The van der Waals surface area contributed by atoms with E-state index in [1.54, 1.807) is 0 Å². The highest BCUT2D eigenvalue weighted by Gasteiger charge is 2.26. The Morgan fingerprint density at radius 1 is 1.38 bits per heavy atom.